The summed E-state index contributed by atoms with van der Waals surface area (Å²) in [6.07, 6.45) is -17.9. The van der Waals surface area contributed by atoms with Crippen LogP contribution in [0.1, 0.15) is 46.5 Å². The number of Topliss-reactive ketones (excluding diaryl/α,β-unsaturated/α-hetero) is 1. The third-order valence-corrected chi connectivity index (χ3v) is 8.47. The van der Waals surface area contributed by atoms with Gasteiger partial charge in [-0.3, -0.25) is 14.4 Å². The number of methoxy groups -OCH3 is 2. The van der Waals surface area contributed by atoms with E-state index in [0.29, 0.717) is 12.8 Å². The number of amides is 2. The number of aliphatic hydroxyl groups excluding tert-OH is 4. The zero-order valence-electron chi connectivity index (χ0n) is 30.5. The summed E-state index contributed by atoms with van der Waals surface area (Å²) in [6.45, 7) is 3.51. The lowest BCUT2D eigenvalue weighted by molar-refractivity contribution is -0.328. The number of carbonyl (C=O) groups excluding carboxylic acids is 4. The molecule has 2 aliphatic heterocycles. The van der Waals surface area contributed by atoms with E-state index in [1.54, 1.807) is 6.92 Å². The first-order valence-corrected chi connectivity index (χ1v) is 17.1. The minimum Gasteiger partial charge on any atom is -0.480 e. The molecule has 2 saturated heterocycles. The molecule has 23 heteroatoms. The van der Waals surface area contributed by atoms with Gasteiger partial charge in [0, 0.05) is 32.1 Å². The molecule has 2 rings (SSSR count). The fourth-order valence-corrected chi connectivity index (χ4v) is 5.46. The van der Waals surface area contributed by atoms with Crippen molar-refractivity contribution in [2.75, 3.05) is 40.6 Å². The van der Waals surface area contributed by atoms with Gasteiger partial charge in [-0.1, -0.05) is 11.5 Å². The van der Waals surface area contributed by atoms with Crippen LogP contribution in [-0.4, -0.2) is 170 Å². The number of esters is 1. The lowest BCUT2D eigenvalue weighted by Gasteiger charge is -2.44. The van der Waals surface area contributed by atoms with Crippen molar-refractivity contribution < 1.29 is 87.4 Å². The minimum atomic E-state index is -1.87. The predicted molar refractivity (Wildman–Crippen MR) is 177 cm³/mol. The number of rotatable bonds is 21. The lowest BCUT2D eigenvalue weighted by atomic mass is 9.94. The number of nitrogens with zero attached hydrogens (tertiary/aromatic N) is 3. The van der Waals surface area contributed by atoms with Crippen LogP contribution in [0.5, 0.6) is 0 Å². The fraction of sp³-hybridized carbons (Fsp3) is 0.839. The second-order valence-electron chi connectivity index (χ2n) is 12.5. The Morgan fingerprint density at radius 1 is 0.833 bits per heavy atom. The van der Waals surface area contributed by atoms with Gasteiger partial charge >= 0.3 is 24.1 Å². The highest BCUT2D eigenvalue weighted by molar-refractivity contribution is 5.90. The quantitative estimate of drug-likeness (QED) is 0.0181. The Bertz CT molecular complexity index is 1290. The molecule has 4 unspecified atom stereocenters. The molecule has 2 aliphatic rings. The molecule has 54 heavy (non-hydrogen) atoms. The molecule has 7 N–H and O–H groups in total. The number of hydrogen-bond acceptors (Lipinski definition) is 18. The number of ether oxygens (including phenoxy) is 8. The molecule has 0 spiro atoms. The van der Waals surface area contributed by atoms with Gasteiger partial charge in [0.2, 0.25) is 0 Å². The van der Waals surface area contributed by atoms with Crippen LogP contribution >= 0.6 is 0 Å². The van der Waals surface area contributed by atoms with Crippen LogP contribution < -0.4 is 10.6 Å². The maximum atomic E-state index is 13.0. The van der Waals surface area contributed by atoms with Gasteiger partial charge in [0.05, 0.1) is 31.8 Å². The summed E-state index contributed by atoms with van der Waals surface area (Å²) in [5.74, 6) is -3.36. The van der Waals surface area contributed by atoms with Crippen molar-refractivity contribution in [1.82, 2.24) is 10.6 Å². The zero-order valence-corrected chi connectivity index (χ0v) is 30.5. The van der Waals surface area contributed by atoms with E-state index in [4.69, 9.17) is 48.5 Å². The Labute approximate surface area is 310 Å². The topological polar surface area (TPSA) is 333 Å². The summed E-state index contributed by atoms with van der Waals surface area (Å²) in [5.41, 5.74) is 8.43. The van der Waals surface area contributed by atoms with Gasteiger partial charge in [0.1, 0.15) is 42.7 Å². The predicted octanol–water partition coefficient (Wildman–Crippen LogP) is -1.14. The van der Waals surface area contributed by atoms with Gasteiger partial charge in [-0.15, -0.1) is 0 Å². The highest BCUT2D eigenvalue weighted by atomic mass is 16.7. The monoisotopic (exact) mass is 781 g/mol. The average molecular weight is 782 g/mol. The van der Waals surface area contributed by atoms with Crippen molar-refractivity contribution in [3.8, 4) is 0 Å². The number of aliphatic carboxylic acids is 1. The van der Waals surface area contributed by atoms with Crippen molar-refractivity contribution in [1.29, 1.82) is 0 Å². The molecule has 0 aromatic rings. The smallest absolute Gasteiger partial charge is 0.408 e. The SMILES string of the molecule is CCOC(=O)[C@H](CCCCN=[N+]=[N-])CC(=O)[C@H](C)NC(=O)O[C@@H]1C(O)[C@@H](OC)OC(CO[C@@H]2OC(COC)[C@@H](O)[C@H](OC(=O)N[C@@H](C)C(=O)O)C2O)[C@H]1O. The summed E-state index contributed by atoms with van der Waals surface area (Å²) in [4.78, 5) is 64.5. The minimum absolute atomic E-state index is 0.0849. The number of azide groups is 1. The number of ketones is 1. The highest BCUT2D eigenvalue weighted by Crippen LogP contribution is 2.28. The number of carboxylic acids is 1. The van der Waals surface area contributed by atoms with Crippen LogP contribution in [0.15, 0.2) is 5.11 Å². The molecule has 0 aliphatic carbocycles. The van der Waals surface area contributed by atoms with Crippen LogP contribution in [0, 0.1) is 5.92 Å². The van der Waals surface area contributed by atoms with Crippen LogP contribution in [-0.2, 0) is 52.3 Å². The van der Waals surface area contributed by atoms with Crippen LogP contribution in [0.2, 0.25) is 0 Å². The Hall–Kier alpha value is -3.90. The van der Waals surface area contributed by atoms with Gasteiger partial charge in [-0.25, -0.2) is 9.59 Å². The summed E-state index contributed by atoms with van der Waals surface area (Å²) in [6, 6.07) is -2.56. The van der Waals surface area contributed by atoms with E-state index in [2.05, 4.69) is 15.3 Å². The first-order valence-electron chi connectivity index (χ1n) is 17.1. The number of aliphatic hydroxyl groups is 4. The molecule has 2 amide bonds. The third kappa shape index (κ3) is 13.7. The maximum Gasteiger partial charge on any atom is 0.408 e. The Balaban J connectivity index is 2.09. The third-order valence-electron chi connectivity index (χ3n) is 8.47. The van der Waals surface area contributed by atoms with Crippen molar-refractivity contribution in [2.24, 2.45) is 11.0 Å². The Kier molecular flexibility index (Phi) is 19.8. The lowest BCUT2D eigenvalue weighted by Crippen LogP contribution is -2.63. The molecule has 2 fully saturated rings. The van der Waals surface area contributed by atoms with Crippen molar-refractivity contribution in [2.45, 2.75) is 120 Å². The van der Waals surface area contributed by atoms with E-state index in [1.165, 1.54) is 14.0 Å². The van der Waals surface area contributed by atoms with E-state index in [-0.39, 0.29) is 32.6 Å². The first-order chi connectivity index (χ1) is 25.6. The highest BCUT2D eigenvalue weighted by Gasteiger charge is 2.50. The van der Waals surface area contributed by atoms with Crippen LogP contribution in [0.25, 0.3) is 10.4 Å². The molecule has 2 heterocycles. The molecule has 0 saturated carbocycles. The summed E-state index contributed by atoms with van der Waals surface area (Å²) in [5, 5.41) is 60.3. The van der Waals surface area contributed by atoms with Gasteiger partial charge < -0.3 is 74.1 Å². The van der Waals surface area contributed by atoms with Gasteiger partial charge in [0.15, 0.2) is 30.6 Å². The molecule has 0 radical (unpaired) electrons. The Morgan fingerprint density at radius 3 is 1.93 bits per heavy atom. The molecule has 0 aromatic carbocycles. The summed E-state index contributed by atoms with van der Waals surface area (Å²) in [7, 11) is 2.43. The standard InChI is InChI=1S/C31H51N5O18/c1-6-49-27(44)16(9-7-8-10-33-36-32)11-17(37)14(2)34-30(45)53-24-21(39)19(51-28(48-5)22(24)40)13-50-29-23(41)25(20(38)18(52-29)12-47-4)54-31(46)35-15(3)26(42)43/h14-16,18-25,28-29,38-41H,6-13H2,1-5H3,(H,34,45)(H,35,46)(H,42,43)/t14-,15-,16+,18?,19?,20+,21+,22?,23?,24-,25-,28-,29+/m0/s1. The normalized spacial score (nSPS) is 29.7. The number of unbranched alkanes of at least 4 members (excludes halogenated alkanes) is 1. The van der Waals surface area contributed by atoms with Crippen molar-refractivity contribution in [3.63, 3.8) is 0 Å². The number of hydrogen-bond donors (Lipinski definition) is 7. The second-order valence-corrected chi connectivity index (χ2v) is 12.5. The second kappa shape index (κ2) is 23.1. The largest absolute Gasteiger partial charge is 0.480 e. The van der Waals surface area contributed by atoms with Crippen LogP contribution in [0.3, 0.4) is 0 Å². The van der Waals surface area contributed by atoms with E-state index in [0.717, 1.165) is 14.0 Å². The summed E-state index contributed by atoms with van der Waals surface area (Å²) < 4.78 is 42.4. The number of carbonyl (C=O) groups is 5. The maximum absolute atomic E-state index is 13.0. The zero-order chi connectivity index (χ0) is 40.5. The van der Waals surface area contributed by atoms with Crippen molar-refractivity contribution in [3.05, 3.63) is 10.4 Å². The molecule has 0 aromatic heterocycles. The molecule has 308 valence electrons. The number of carboxylic acid groups (broad SMARTS) is 1. The van der Waals surface area contributed by atoms with Gasteiger partial charge in [-0.05, 0) is 39.1 Å². The molecule has 13 atom stereocenters. The first kappa shape index (κ1) is 46.3. The molecular weight excluding hydrogens is 730 g/mol. The number of alkyl carbamates (subject to hydrolysis) is 2. The van der Waals surface area contributed by atoms with E-state index in [1.807, 2.05) is 5.32 Å². The van der Waals surface area contributed by atoms with E-state index < -0.39 is 116 Å². The van der Waals surface area contributed by atoms with Gasteiger partial charge in [-0.2, -0.15) is 0 Å². The fourth-order valence-electron chi connectivity index (χ4n) is 5.46. The van der Waals surface area contributed by atoms with Crippen LogP contribution in [0.4, 0.5) is 9.59 Å². The van der Waals surface area contributed by atoms with Crippen molar-refractivity contribution >= 4 is 29.9 Å². The molecule has 0 bridgehead atoms. The van der Waals surface area contributed by atoms with E-state index >= 15 is 0 Å². The average Bonchev–Trinajstić information content (AvgIpc) is 3.12. The van der Waals surface area contributed by atoms with Gasteiger partial charge in [0.25, 0.3) is 0 Å². The Morgan fingerprint density at radius 2 is 1.39 bits per heavy atom. The van der Waals surface area contributed by atoms with E-state index in [9.17, 15) is 44.4 Å². The molecule has 23 nitrogen and oxygen atoms in total. The number of nitrogens with one attached hydrogen (secondary N) is 2. The summed E-state index contributed by atoms with van der Waals surface area (Å²) >= 11 is 0. The molecular formula is C31H51N5O18.